The van der Waals surface area contributed by atoms with Gasteiger partial charge in [0.15, 0.2) is 0 Å². The average Bonchev–Trinajstić information content (AvgIpc) is 2.44. The highest BCUT2D eigenvalue weighted by Crippen LogP contribution is 2.37. The zero-order valence-electron chi connectivity index (χ0n) is 10.6. The Morgan fingerprint density at radius 1 is 1.39 bits per heavy atom. The SMILES string of the molecule is CN1C(=O)CSc2cc(C3CCCCN3)ccc21. The molecule has 1 unspecified atom stereocenters. The van der Waals surface area contributed by atoms with Gasteiger partial charge >= 0.3 is 0 Å². The van der Waals surface area contributed by atoms with Gasteiger partial charge in [0.05, 0.1) is 11.4 Å². The number of nitrogens with one attached hydrogen (secondary N) is 1. The second kappa shape index (κ2) is 4.94. The van der Waals surface area contributed by atoms with Crippen molar-refractivity contribution in [2.75, 3.05) is 24.2 Å². The molecule has 1 fully saturated rings. The topological polar surface area (TPSA) is 32.3 Å². The van der Waals surface area contributed by atoms with E-state index < -0.39 is 0 Å². The Hall–Kier alpha value is -1.00. The monoisotopic (exact) mass is 262 g/mol. The van der Waals surface area contributed by atoms with Crippen molar-refractivity contribution in [3.8, 4) is 0 Å². The minimum Gasteiger partial charge on any atom is -0.314 e. The van der Waals surface area contributed by atoms with E-state index in [0.29, 0.717) is 11.8 Å². The molecule has 0 spiro atoms. The number of nitrogens with zero attached hydrogens (tertiary/aromatic N) is 1. The van der Waals surface area contributed by atoms with Crippen LogP contribution in [0.2, 0.25) is 0 Å². The minimum absolute atomic E-state index is 0.191. The van der Waals surface area contributed by atoms with E-state index in [1.807, 2.05) is 7.05 Å². The summed E-state index contributed by atoms with van der Waals surface area (Å²) in [6.07, 6.45) is 3.81. The number of anilines is 1. The second-order valence-corrected chi connectivity index (χ2v) is 5.99. The second-order valence-electron chi connectivity index (χ2n) is 4.97. The van der Waals surface area contributed by atoms with Gasteiger partial charge in [0.1, 0.15) is 0 Å². The van der Waals surface area contributed by atoms with Gasteiger partial charge in [0.2, 0.25) is 5.91 Å². The fourth-order valence-corrected chi connectivity index (χ4v) is 3.69. The van der Waals surface area contributed by atoms with Crippen molar-refractivity contribution in [2.45, 2.75) is 30.2 Å². The summed E-state index contributed by atoms with van der Waals surface area (Å²) in [4.78, 5) is 14.6. The predicted molar refractivity (Wildman–Crippen MR) is 75.2 cm³/mol. The van der Waals surface area contributed by atoms with Crippen molar-refractivity contribution in [1.82, 2.24) is 5.32 Å². The Balaban J connectivity index is 1.89. The molecule has 0 radical (unpaired) electrons. The average molecular weight is 262 g/mol. The van der Waals surface area contributed by atoms with E-state index >= 15 is 0 Å². The summed E-state index contributed by atoms with van der Waals surface area (Å²) < 4.78 is 0. The predicted octanol–water partition coefficient (Wildman–Crippen LogP) is 2.57. The minimum atomic E-state index is 0.191. The van der Waals surface area contributed by atoms with Crippen LogP contribution in [0.4, 0.5) is 5.69 Å². The van der Waals surface area contributed by atoms with Gasteiger partial charge in [-0.15, -0.1) is 11.8 Å². The van der Waals surface area contributed by atoms with Gasteiger partial charge < -0.3 is 10.2 Å². The summed E-state index contributed by atoms with van der Waals surface area (Å²) >= 11 is 1.66. The van der Waals surface area contributed by atoms with Crippen molar-refractivity contribution in [1.29, 1.82) is 0 Å². The van der Waals surface area contributed by atoms with E-state index in [1.54, 1.807) is 16.7 Å². The number of carbonyl (C=O) groups is 1. The van der Waals surface area contributed by atoms with Crippen molar-refractivity contribution >= 4 is 23.4 Å². The third-order valence-corrected chi connectivity index (χ3v) is 4.81. The Morgan fingerprint density at radius 3 is 3.06 bits per heavy atom. The van der Waals surface area contributed by atoms with E-state index in [-0.39, 0.29) is 5.91 Å². The summed E-state index contributed by atoms with van der Waals surface area (Å²) in [6, 6.07) is 7.00. The number of rotatable bonds is 1. The summed E-state index contributed by atoms with van der Waals surface area (Å²) in [7, 11) is 1.86. The van der Waals surface area contributed by atoms with Gasteiger partial charge in [0.25, 0.3) is 0 Å². The highest BCUT2D eigenvalue weighted by molar-refractivity contribution is 8.00. The number of amides is 1. The first-order valence-electron chi connectivity index (χ1n) is 6.52. The number of fused-ring (bicyclic) bond motifs is 1. The molecule has 3 nitrogen and oxygen atoms in total. The van der Waals surface area contributed by atoms with Gasteiger partial charge in [-0.1, -0.05) is 12.5 Å². The third-order valence-electron chi connectivity index (χ3n) is 3.78. The first kappa shape index (κ1) is 12.1. The molecule has 1 atom stereocenters. The standard InChI is InChI=1S/C14H18N2OS/c1-16-12-6-5-10(11-4-2-3-7-15-11)8-13(12)18-9-14(16)17/h5-6,8,11,15H,2-4,7,9H2,1H3. The van der Waals surface area contributed by atoms with Gasteiger partial charge in [-0.2, -0.15) is 0 Å². The lowest BCUT2D eigenvalue weighted by Crippen LogP contribution is -2.31. The van der Waals surface area contributed by atoms with Crippen molar-refractivity contribution in [2.24, 2.45) is 0 Å². The first-order valence-corrected chi connectivity index (χ1v) is 7.51. The molecule has 1 saturated heterocycles. The lowest BCUT2D eigenvalue weighted by atomic mass is 9.97. The quantitative estimate of drug-likeness (QED) is 0.844. The zero-order chi connectivity index (χ0) is 12.5. The van der Waals surface area contributed by atoms with Gasteiger partial charge in [-0.05, 0) is 37.1 Å². The molecule has 2 aliphatic heterocycles. The van der Waals surface area contributed by atoms with Gasteiger partial charge in [-0.3, -0.25) is 4.79 Å². The molecule has 0 aliphatic carbocycles. The van der Waals surface area contributed by atoms with Crippen LogP contribution in [-0.4, -0.2) is 25.3 Å². The smallest absolute Gasteiger partial charge is 0.237 e. The molecule has 96 valence electrons. The molecule has 18 heavy (non-hydrogen) atoms. The molecule has 2 aliphatic rings. The summed E-state index contributed by atoms with van der Waals surface area (Å²) in [5.41, 5.74) is 2.42. The maximum absolute atomic E-state index is 11.6. The number of benzene rings is 1. The normalized spacial score (nSPS) is 23.9. The number of piperidine rings is 1. The summed E-state index contributed by atoms with van der Waals surface area (Å²) in [6.45, 7) is 1.12. The lowest BCUT2D eigenvalue weighted by molar-refractivity contribution is -0.116. The molecule has 2 heterocycles. The third kappa shape index (κ3) is 2.15. The summed E-state index contributed by atoms with van der Waals surface area (Å²) in [5.74, 6) is 0.751. The van der Waals surface area contributed by atoms with Crippen molar-refractivity contribution < 1.29 is 4.79 Å². The van der Waals surface area contributed by atoms with Crippen LogP contribution in [0.15, 0.2) is 23.1 Å². The van der Waals surface area contributed by atoms with E-state index in [4.69, 9.17) is 0 Å². The van der Waals surface area contributed by atoms with E-state index in [1.165, 1.54) is 29.7 Å². The van der Waals surface area contributed by atoms with Crippen LogP contribution in [0.1, 0.15) is 30.9 Å². The zero-order valence-corrected chi connectivity index (χ0v) is 11.4. The molecule has 1 amide bonds. The number of carbonyl (C=O) groups excluding carboxylic acids is 1. The highest BCUT2D eigenvalue weighted by atomic mass is 32.2. The largest absolute Gasteiger partial charge is 0.314 e. The lowest BCUT2D eigenvalue weighted by Gasteiger charge is -2.28. The van der Waals surface area contributed by atoms with Crippen LogP contribution in [-0.2, 0) is 4.79 Å². The maximum atomic E-state index is 11.6. The van der Waals surface area contributed by atoms with Crippen LogP contribution in [0.5, 0.6) is 0 Å². The van der Waals surface area contributed by atoms with Crippen LogP contribution >= 0.6 is 11.8 Å². The fourth-order valence-electron chi connectivity index (χ4n) is 2.65. The van der Waals surface area contributed by atoms with Crippen molar-refractivity contribution in [3.05, 3.63) is 23.8 Å². The molecule has 4 heteroatoms. The maximum Gasteiger partial charge on any atom is 0.237 e. The molecular weight excluding hydrogens is 244 g/mol. The highest BCUT2D eigenvalue weighted by Gasteiger charge is 2.23. The molecule has 0 bridgehead atoms. The van der Waals surface area contributed by atoms with Crippen LogP contribution < -0.4 is 10.2 Å². The van der Waals surface area contributed by atoms with Gasteiger partial charge in [0, 0.05) is 18.0 Å². The van der Waals surface area contributed by atoms with E-state index in [2.05, 4.69) is 23.5 Å². The number of thioether (sulfide) groups is 1. The molecule has 3 rings (SSSR count). The molecule has 1 N–H and O–H groups in total. The molecule has 0 aromatic heterocycles. The Labute approximate surface area is 112 Å². The first-order chi connectivity index (χ1) is 8.75. The Kier molecular flexibility index (Phi) is 3.31. The molecule has 1 aromatic carbocycles. The van der Waals surface area contributed by atoms with Crippen LogP contribution in [0.25, 0.3) is 0 Å². The Bertz CT molecular complexity index is 469. The molecular formula is C14H18N2OS. The number of hydrogen-bond acceptors (Lipinski definition) is 3. The van der Waals surface area contributed by atoms with Crippen LogP contribution in [0, 0.1) is 0 Å². The summed E-state index contributed by atoms with van der Waals surface area (Å²) in [5, 5.41) is 3.57. The van der Waals surface area contributed by atoms with Gasteiger partial charge in [-0.25, -0.2) is 0 Å². The van der Waals surface area contributed by atoms with Crippen LogP contribution in [0.3, 0.4) is 0 Å². The van der Waals surface area contributed by atoms with E-state index in [9.17, 15) is 4.79 Å². The van der Waals surface area contributed by atoms with Crippen molar-refractivity contribution in [3.63, 3.8) is 0 Å². The fraction of sp³-hybridized carbons (Fsp3) is 0.500. The number of hydrogen-bond donors (Lipinski definition) is 1. The molecule has 1 aromatic rings. The van der Waals surface area contributed by atoms with E-state index in [0.717, 1.165) is 12.2 Å². The Morgan fingerprint density at radius 2 is 2.28 bits per heavy atom. The molecule has 0 saturated carbocycles.